The number of hydrogen-bond donors (Lipinski definition) is 2. The van der Waals surface area contributed by atoms with Gasteiger partial charge >= 0.3 is 0 Å². The van der Waals surface area contributed by atoms with Crippen molar-refractivity contribution in [1.29, 1.82) is 0 Å². The fourth-order valence-corrected chi connectivity index (χ4v) is 2.99. The molecule has 0 aliphatic heterocycles. The Balaban J connectivity index is 1.72. The van der Waals surface area contributed by atoms with Gasteiger partial charge in [-0.1, -0.05) is 19.3 Å². The molecule has 19 heavy (non-hydrogen) atoms. The summed E-state index contributed by atoms with van der Waals surface area (Å²) in [6.45, 7) is 0.942. The van der Waals surface area contributed by atoms with Crippen molar-refractivity contribution in [1.82, 2.24) is 10.3 Å². The van der Waals surface area contributed by atoms with Crippen LogP contribution in [0.1, 0.15) is 37.7 Å². The second-order valence-electron chi connectivity index (χ2n) is 5.44. The zero-order valence-corrected chi connectivity index (χ0v) is 11.5. The Kier molecular flexibility index (Phi) is 3.74. The van der Waals surface area contributed by atoms with Crippen LogP contribution >= 0.6 is 0 Å². The molecule has 2 aromatic rings. The van der Waals surface area contributed by atoms with E-state index >= 15 is 0 Å². The van der Waals surface area contributed by atoms with Gasteiger partial charge in [-0.2, -0.15) is 0 Å². The standard InChI is InChI=1S/C16H22N2O/c1-19-14-7-8-16-15(9-14)12(11-18-16)10-17-13-5-3-2-4-6-13/h7-9,11,13,17-18H,2-6,10H2,1H3. The molecule has 102 valence electrons. The van der Waals surface area contributed by atoms with E-state index in [1.807, 2.05) is 6.07 Å². The Hall–Kier alpha value is -1.48. The van der Waals surface area contributed by atoms with Gasteiger partial charge in [0.2, 0.25) is 0 Å². The van der Waals surface area contributed by atoms with E-state index in [4.69, 9.17) is 4.74 Å². The van der Waals surface area contributed by atoms with Crippen LogP contribution in [0, 0.1) is 0 Å². The van der Waals surface area contributed by atoms with Gasteiger partial charge in [0.25, 0.3) is 0 Å². The quantitative estimate of drug-likeness (QED) is 0.879. The second kappa shape index (κ2) is 5.66. The normalized spacial score (nSPS) is 16.9. The van der Waals surface area contributed by atoms with Crippen LogP contribution in [0.15, 0.2) is 24.4 Å². The molecule has 3 rings (SSSR count). The van der Waals surface area contributed by atoms with Gasteiger partial charge < -0.3 is 15.0 Å². The Morgan fingerprint density at radius 1 is 1.26 bits per heavy atom. The summed E-state index contributed by atoms with van der Waals surface area (Å²) in [5, 5.41) is 4.96. The van der Waals surface area contributed by atoms with Gasteiger partial charge in [-0.15, -0.1) is 0 Å². The maximum absolute atomic E-state index is 5.31. The van der Waals surface area contributed by atoms with Crippen LogP contribution in [0.25, 0.3) is 10.9 Å². The Morgan fingerprint density at radius 3 is 2.89 bits per heavy atom. The topological polar surface area (TPSA) is 37.0 Å². The summed E-state index contributed by atoms with van der Waals surface area (Å²) in [5.41, 5.74) is 2.51. The summed E-state index contributed by atoms with van der Waals surface area (Å²) in [6.07, 6.45) is 8.92. The minimum Gasteiger partial charge on any atom is -0.497 e. The number of benzene rings is 1. The van der Waals surface area contributed by atoms with Gasteiger partial charge in [-0.3, -0.25) is 0 Å². The van der Waals surface area contributed by atoms with Crippen LogP contribution in [0.4, 0.5) is 0 Å². The molecule has 0 bridgehead atoms. The van der Waals surface area contributed by atoms with E-state index in [2.05, 4.69) is 28.6 Å². The number of aromatic nitrogens is 1. The van der Waals surface area contributed by atoms with E-state index in [1.54, 1.807) is 7.11 Å². The highest BCUT2D eigenvalue weighted by atomic mass is 16.5. The molecular weight excluding hydrogens is 236 g/mol. The third-order valence-corrected chi connectivity index (χ3v) is 4.16. The number of nitrogens with one attached hydrogen (secondary N) is 2. The van der Waals surface area contributed by atoms with Crippen molar-refractivity contribution in [3.8, 4) is 5.75 Å². The summed E-state index contributed by atoms with van der Waals surface area (Å²) < 4.78 is 5.31. The Bertz CT molecular complexity index is 541. The molecular formula is C16H22N2O. The van der Waals surface area contributed by atoms with E-state index in [-0.39, 0.29) is 0 Å². The van der Waals surface area contributed by atoms with Crippen molar-refractivity contribution in [2.75, 3.05) is 7.11 Å². The predicted molar refractivity (Wildman–Crippen MR) is 78.6 cm³/mol. The fraction of sp³-hybridized carbons (Fsp3) is 0.500. The SMILES string of the molecule is COc1ccc2[nH]cc(CNC3CCCCC3)c2c1. The molecule has 0 amide bonds. The zero-order chi connectivity index (χ0) is 13.1. The molecule has 2 N–H and O–H groups in total. The van der Waals surface area contributed by atoms with Crippen LogP contribution in [0.5, 0.6) is 5.75 Å². The van der Waals surface area contributed by atoms with Gasteiger partial charge in [0, 0.05) is 29.7 Å². The molecule has 1 aromatic heterocycles. The minimum atomic E-state index is 0.698. The Labute approximate surface area is 114 Å². The smallest absolute Gasteiger partial charge is 0.119 e. The van der Waals surface area contributed by atoms with Crippen molar-refractivity contribution in [3.63, 3.8) is 0 Å². The van der Waals surface area contributed by atoms with Gasteiger partial charge in [-0.25, -0.2) is 0 Å². The van der Waals surface area contributed by atoms with Crippen molar-refractivity contribution in [3.05, 3.63) is 30.0 Å². The zero-order valence-electron chi connectivity index (χ0n) is 11.5. The summed E-state index contributed by atoms with van der Waals surface area (Å²) in [6, 6.07) is 6.89. The van der Waals surface area contributed by atoms with Crippen LogP contribution in [0.3, 0.4) is 0 Å². The van der Waals surface area contributed by atoms with Gasteiger partial charge in [0.1, 0.15) is 5.75 Å². The maximum atomic E-state index is 5.31. The molecule has 1 saturated carbocycles. The number of aromatic amines is 1. The van der Waals surface area contributed by atoms with Crippen LogP contribution in [-0.4, -0.2) is 18.1 Å². The number of H-pyrrole nitrogens is 1. The van der Waals surface area contributed by atoms with Crippen LogP contribution in [0.2, 0.25) is 0 Å². The first kappa shape index (κ1) is 12.5. The summed E-state index contributed by atoms with van der Waals surface area (Å²) in [7, 11) is 1.72. The molecule has 0 spiro atoms. The van der Waals surface area contributed by atoms with E-state index in [0.29, 0.717) is 6.04 Å². The molecule has 1 fully saturated rings. The molecule has 1 aliphatic carbocycles. The number of rotatable bonds is 4. The largest absolute Gasteiger partial charge is 0.497 e. The number of fused-ring (bicyclic) bond motifs is 1. The molecule has 1 heterocycles. The molecule has 3 nitrogen and oxygen atoms in total. The van der Waals surface area contributed by atoms with E-state index < -0.39 is 0 Å². The minimum absolute atomic E-state index is 0.698. The third-order valence-electron chi connectivity index (χ3n) is 4.16. The molecule has 0 radical (unpaired) electrons. The molecule has 0 unspecified atom stereocenters. The Morgan fingerprint density at radius 2 is 2.11 bits per heavy atom. The highest BCUT2D eigenvalue weighted by Crippen LogP contribution is 2.24. The van der Waals surface area contributed by atoms with Crippen molar-refractivity contribution >= 4 is 10.9 Å². The van der Waals surface area contributed by atoms with Crippen molar-refractivity contribution in [2.45, 2.75) is 44.7 Å². The molecule has 1 aromatic carbocycles. The average molecular weight is 258 g/mol. The van der Waals surface area contributed by atoms with E-state index in [1.165, 1.54) is 48.6 Å². The maximum Gasteiger partial charge on any atom is 0.119 e. The van der Waals surface area contributed by atoms with Crippen molar-refractivity contribution < 1.29 is 4.74 Å². The fourth-order valence-electron chi connectivity index (χ4n) is 2.99. The first-order chi connectivity index (χ1) is 9.36. The summed E-state index contributed by atoms with van der Waals surface area (Å²) >= 11 is 0. The summed E-state index contributed by atoms with van der Waals surface area (Å²) in [5.74, 6) is 0.922. The number of methoxy groups -OCH3 is 1. The lowest BCUT2D eigenvalue weighted by atomic mass is 9.95. The van der Waals surface area contributed by atoms with Gasteiger partial charge in [0.05, 0.1) is 7.11 Å². The monoisotopic (exact) mass is 258 g/mol. The molecule has 1 aliphatic rings. The van der Waals surface area contributed by atoms with Gasteiger partial charge in [-0.05, 0) is 36.6 Å². The summed E-state index contributed by atoms with van der Waals surface area (Å²) in [4.78, 5) is 3.33. The first-order valence-corrected chi connectivity index (χ1v) is 7.24. The molecule has 3 heteroatoms. The van der Waals surface area contributed by atoms with Crippen LogP contribution in [-0.2, 0) is 6.54 Å². The van der Waals surface area contributed by atoms with Crippen molar-refractivity contribution in [2.24, 2.45) is 0 Å². The highest BCUT2D eigenvalue weighted by molar-refractivity contribution is 5.84. The third kappa shape index (κ3) is 2.76. The molecule has 0 atom stereocenters. The first-order valence-electron chi connectivity index (χ1n) is 7.24. The lowest BCUT2D eigenvalue weighted by molar-refractivity contribution is 0.373. The van der Waals surface area contributed by atoms with E-state index in [0.717, 1.165) is 12.3 Å². The van der Waals surface area contributed by atoms with E-state index in [9.17, 15) is 0 Å². The lowest BCUT2D eigenvalue weighted by Crippen LogP contribution is -2.30. The lowest BCUT2D eigenvalue weighted by Gasteiger charge is -2.22. The highest BCUT2D eigenvalue weighted by Gasteiger charge is 2.13. The van der Waals surface area contributed by atoms with Crippen LogP contribution < -0.4 is 10.1 Å². The average Bonchev–Trinajstić information content (AvgIpc) is 2.88. The number of hydrogen-bond acceptors (Lipinski definition) is 2. The predicted octanol–water partition coefficient (Wildman–Crippen LogP) is 3.60. The molecule has 0 saturated heterocycles. The second-order valence-corrected chi connectivity index (χ2v) is 5.44. The number of ether oxygens (including phenoxy) is 1. The van der Waals surface area contributed by atoms with Gasteiger partial charge in [0.15, 0.2) is 0 Å².